The van der Waals surface area contributed by atoms with E-state index in [9.17, 15) is 0 Å². The number of ether oxygens (including phenoxy) is 3. The summed E-state index contributed by atoms with van der Waals surface area (Å²) in [7, 11) is 10.3. The Morgan fingerprint density at radius 2 is 1.22 bits per heavy atom. The molecule has 0 bridgehead atoms. The van der Waals surface area contributed by atoms with Gasteiger partial charge in [0.15, 0.2) is 5.72 Å². The molecule has 4 aromatic rings. The van der Waals surface area contributed by atoms with Crippen LogP contribution in [0.1, 0.15) is 55.7 Å². The van der Waals surface area contributed by atoms with Crippen molar-refractivity contribution in [2.24, 2.45) is 0 Å². The van der Waals surface area contributed by atoms with Gasteiger partial charge in [0.05, 0.1) is 13.2 Å². The molecule has 0 saturated heterocycles. The van der Waals surface area contributed by atoms with Crippen LogP contribution in [0.3, 0.4) is 0 Å². The van der Waals surface area contributed by atoms with Crippen molar-refractivity contribution < 1.29 is 14.2 Å². The van der Waals surface area contributed by atoms with Crippen LogP contribution >= 0.6 is 0 Å². The van der Waals surface area contributed by atoms with Gasteiger partial charge in [-0.15, -0.1) is 0 Å². The van der Waals surface area contributed by atoms with Gasteiger partial charge in [-0.25, -0.2) is 0 Å². The predicted octanol–water partition coefficient (Wildman–Crippen LogP) is 8.28. The number of methoxy groups -OCH3 is 1. The molecule has 1 saturated carbocycles. The Balaban J connectivity index is 1.43. The van der Waals surface area contributed by atoms with E-state index in [4.69, 9.17) is 14.2 Å². The summed E-state index contributed by atoms with van der Waals surface area (Å²) < 4.78 is 20.1. The molecule has 2 unspecified atom stereocenters. The highest BCUT2D eigenvalue weighted by molar-refractivity contribution is 5.54. The molecule has 2 atom stereocenters. The molecular weight excluding hydrogens is 570 g/mol. The first-order chi connectivity index (χ1) is 22.2. The summed E-state index contributed by atoms with van der Waals surface area (Å²) in [5.41, 5.74) is 3.68. The summed E-state index contributed by atoms with van der Waals surface area (Å²) in [6, 6.07) is 39.9. The van der Waals surface area contributed by atoms with E-state index in [0.29, 0.717) is 13.2 Å². The molecule has 6 heteroatoms. The second-order valence-corrected chi connectivity index (χ2v) is 12.8. The van der Waals surface area contributed by atoms with Crippen molar-refractivity contribution in [1.82, 2.24) is 4.90 Å². The molecule has 4 aromatic carbocycles. The topological polar surface area (TPSA) is 37.4 Å². The van der Waals surface area contributed by atoms with Gasteiger partial charge in [-0.2, -0.15) is 0 Å². The van der Waals surface area contributed by atoms with Gasteiger partial charge < -0.3 is 24.0 Å². The number of hydrogen-bond donors (Lipinski definition) is 0. The Hall–Kier alpha value is -3.68. The molecule has 1 aliphatic carbocycles. The number of rotatable bonds is 15. The quantitative estimate of drug-likeness (QED) is 0.124. The average molecular weight is 622 g/mol. The molecule has 0 N–H and O–H groups in total. The lowest BCUT2D eigenvalue weighted by Gasteiger charge is -2.43. The Morgan fingerprint density at radius 1 is 0.674 bits per heavy atom. The van der Waals surface area contributed by atoms with Crippen LogP contribution in [-0.2, 0) is 26.5 Å². The standard InChI is InChI=1S/C40H51N3O3/c1-38(42(4)36-23-12-8-13-24-36,29-30-45-39(41(2)3)27-16-17-28-39)46-32-33-19-18-22-35(31-33)40(44-6,34-20-10-7-11-21-34)43(5)37-25-14-9-15-26-37/h7-15,18-26,31H,16-17,27-30,32H2,1-6H3. The van der Waals surface area contributed by atoms with Gasteiger partial charge in [0.1, 0.15) is 11.4 Å². The zero-order chi connectivity index (χ0) is 32.6. The van der Waals surface area contributed by atoms with E-state index in [2.05, 4.69) is 147 Å². The third kappa shape index (κ3) is 7.01. The van der Waals surface area contributed by atoms with Crippen molar-refractivity contribution in [3.05, 3.63) is 132 Å². The highest BCUT2D eigenvalue weighted by Gasteiger charge is 2.41. The number of benzene rings is 4. The molecule has 1 fully saturated rings. The molecule has 6 nitrogen and oxygen atoms in total. The molecular formula is C40H51N3O3. The molecule has 46 heavy (non-hydrogen) atoms. The maximum atomic E-state index is 6.92. The molecule has 0 amide bonds. The van der Waals surface area contributed by atoms with Gasteiger partial charge in [-0.05, 0) is 82.6 Å². The predicted molar refractivity (Wildman–Crippen MR) is 189 cm³/mol. The van der Waals surface area contributed by atoms with Crippen LogP contribution in [0.4, 0.5) is 11.4 Å². The Kier molecular flexibility index (Phi) is 10.9. The SMILES string of the molecule is COC(c1ccccc1)(c1cccc(COC(C)(CCOC2(N(C)C)CCCC2)N(C)c2ccccc2)c1)N(C)c1ccccc1. The van der Waals surface area contributed by atoms with Crippen molar-refractivity contribution in [1.29, 1.82) is 0 Å². The first-order valence-corrected chi connectivity index (χ1v) is 16.5. The first-order valence-electron chi connectivity index (χ1n) is 16.5. The van der Waals surface area contributed by atoms with Crippen LogP contribution in [0.2, 0.25) is 0 Å². The third-order valence-corrected chi connectivity index (χ3v) is 9.93. The van der Waals surface area contributed by atoms with E-state index in [0.717, 1.165) is 47.3 Å². The van der Waals surface area contributed by atoms with E-state index in [1.165, 1.54) is 12.8 Å². The zero-order valence-corrected chi connectivity index (χ0v) is 28.5. The van der Waals surface area contributed by atoms with Crippen molar-refractivity contribution in [2.75, 3.05) is 51.7 Å². The van der Waals surface area contributed by atoms with E-state index in [-0.39, 0.29) is 5.72 Å². The number of anilines is 2. The van der Waals surface area contributed by atoms with Crippen LogP contribution in [0.15, 0.2) is 115 Å². The second-order valence-electron chi connectivity index (χ2n) is 12.8. The number of nitrogens with zero attached hydrogens (tertiary/aromatic N) is 3. The van der Waals surface area contributed by atoms with E-state index >= 15 is 0 Å². The van der Waals surface area contributed by atoms with Gasteiger partial charge in [0, 0.05) is 50.1 Å². The second kappa shape index (κ2) is 14.8. The minimum absolute atomic E-state index is 0.188. The van der Waals surface area contributed by atoms with Gasteiger partial charge in [-0.3, -0.25) is 4.90 Å². The van der Waals surface area contributed by atoms with Crippen LogP contribution in [0.5, 0.6) is 0 Å². The van der Waals surface area contributed by atoms with Crippen molar-refractivity contribution in [2.45, 2.75) is 62.8 Å². The van der Waals surface area contributed by atoms with Gasteiger partial charge in [0.25, 0.3) is 0 Å². The monoisotopic (exact) mass is 621 g/mol. The van der Waals surface area contributed by atoms with Crippen LogP contribution in [0, 0.1) is 0 Å². The lowest BCUT2D eigenvalue weighted by atomic mass is 9.91. The fourth-order valence-electron chi connectivity index (χ4n) is 6.87. The molecule has 0 aromatic heterocycles. The van der Waals surface area contributed by atoms with Crippen LogP contribution < -0.4 is 9.80 Å². The van der Waals surface area contributed by atoms with Crippen LogP contribution in [-0.4, -0.2) is 58.3 Å². The van der Waals surface area contributed by atoms with E-state index < -0.39 is 11.4 Å². The van der Waals surface area contributed by atoms with Gasteiger partial charge >= 0.3 is 0 Å². The molecule has 0 spiro atoms. The summed E-state index contributed by atoms with van der Waals surface area (Å²) in [5, 5.41) is 0. The molecule has 244 valence electrons. The van der Waals surface area contributed by atoms with Crippen LogP contribution in [0.25, 0.3) is 0 Å². The largest absolute Gasteiger partial charge is 0.360 e. The van der Waals surface area contributed by atoms with Crippen molar-refractivity contribution in [3.8, 4) is 0 Å². The molecule has 0 aliphatic heterocycles. The maximum Gasteiger partial charge on any atom is 0.193 e. The minimum atomic E-state index is -0.849. The highest BCUT2D eigenvalue weighted by atomic mass is 16.5. The smallest absolute Gasteiger partial charge is 0.193 e. The summed E-state index contributed by atoms with van der Waals surface area (Å²) in [6.07, 6.45) is 5.27. The maximum absolute atomic E-state index is 6.92. The third-order valence-electron chi connectivity index (χ3n) is 9.93. The summed E-state index contributed by atoms with van der Waals surface area (Å²) in [5.74, 6) is 0. The fraction of sp³-hybridized carbons (Fsp3) is 0.400. The van der Waals surface area contributed by atoms with Gasteiger partial charge in [-0.1, -0.05) is 84.9 Å². The minimum Gasteiger partial charge on any atom is -0.360 e. The Bertz CT molecular complexity index is 1490. The normalized spacial score (nSPS) is 16.9. The van der Waals surface area contributed by atoms with E-state index in [1.807, 2.05) is 18.2 Å². The summed E-state index contributed by atoms with van der Waals surface area (Å²) in [4.78, 5) is 6.70. The highest BCUT2D eigenvalue weighted by Crippen LogP contribution is 2.40. The van der Waals surface area contributed by atoms with Gasteiger partial charge in [0.2, 0.25) is 0 Å². The van der Waals surface area contributed by atoms with E-state index in [1.54, 1.807) is 7.11 Å². The molecule has 0 radical (unpaired) electrons. The zero-order valence-electron chi connectivity index (χ0n) is 28.5. The number of hydrogen-bond acceptors (Lipinski definition) is 6. The van der Waals surface area contributed by atoms with Crippen molar-refractivity contribution >= 4 is 11.4 Å². The van der Waals surface area contributed by atoms with Crippen molar-refractivity contribution in [3.63, 3.8) is 0 Å². The first kappa shape index (κ1) is 33.7. The lowest BCUT2D eigenvalue weighted by molar-refractivity contribution is -0.149. The average Bonchev–Trinajstić information content (AvgIpc) is 3.59. The molecule has 1 aliphatic rings. The molecule has 5 rings (SSSR count). The number of para-hydroxylation sites is 2. The lowest BCUT2D eigenvalue weighted by Crippen LogP contribution is -2.49. The summed E-state index contributed by atoms with van der Waals surface area (Å²) in [6.45, 7) is 3.22. The summed E-state index contributed by atoms with van der Waals surface area (Å²) >= 11 is 0. The Morgan fingerprint density at radius 3 is 1.78 bits per heavy atom. The Labute approximate surface area is 276 Å². The fourth-order valence-corrected chi connectivity index (χ4v) is 6.87. The molecule has 0 heterocycles.